The van der Waals surface area contributed by atoms with Gasteiger partial charge < -0.3 is 15.2 Å². The van der Waals surface area contributed by atoms with Crippen LogP contribution in [-0.4, -0.2) is 32.8 Å². The van der Waals surface area contributed by atoms with Gasteiger partial charge in [-0.1, -0.05) is 42.0 Å². The number of piperidine rings is 1. The summed E-state index contributed by atoms with van der Waals surface area (Å²) < 4.78 is 6.58. The molecule has 2 N–H and O–H groups in total. The summed E-state index contributed by atoms with van der Waals surface area (Å²) in [5, 5.41) is 11.4. The second-order valence-electron chi connectivity index (χ2n) is 10.1. The summed E-state index contributed by atoms with van der Waals surface area (Å²) in [4.78, 5) is 22.8. The zero-order valence-corrected chi connectivity index (χ0v) is 21.8. The highest BCUT2D eigenvalue weighted by atomic mass is 35.5. The van der Waals surface area contributed by atoms with Crippen LogP contribution in [0.4, 0.5) is 11.6 Å². The standard InChI is InChI=1S/C29H29ClN6O2/c30-26-24(17-33-38-26)18-36-27-23(14-21(28(36)37)8-7-19-4-1-2-5-19)16-32-29(35-27)34-25-11-9-20(10-12-25)22-6-3-13-31-15-22/h9-12,14,16-17,19,22,31H,1-6,13,15,18H2,(H,32,34,35). The molecule has 2 aliphatic rings. The van der Waals surface area contributed by atoms with E-state index in [9.17, 15) is 4.79 Å². The molecule has 1 unspecified atom stereocenters. The Morgan fingerprint density at radius 3 is 2.71 bits per heavy atom. The largest absolute Gasteiger partial charge is 0.344 e. The monoisotopic (exact) mass is 528 g/mol. The van der Waals surface area contributed by atoms with E-state index in [1.165, 1.54) is 37.4 Å². The first-order chi connectivity index (χ1) is 18.6. The lowest BCUT2D eigenvalue weighted by Crippen LogP contribution is -2.28. The summed E-state index contributed by atoms with van der Waals surface area (Å²) in [6.45, 7) is 2.27. The average molecular weight is 529 g/mol. The van der Waals surface area contributed by atoms with Crippen LogP contribution in [-0.2, 0) is 6.54 Å². The first kappa shape index (κ1) is 24.7. The topological polar surface area (TPSA) is 97.9 Å². The number of aromatic nitrogens is 4. The Kier molecular flexibility index (Phi) is 7.12. The van der Waals surface area contributed by atoms with Crippen molar-refractivity contribution >= 4 is 34.3 Å². The minimum absolute atomic E-state index is 0.146. The van der Waals surface area contributed by atoms with Crippen molar-refractivity contribution in [3.8, 4) is 11.8 Å². The number of anilines is 2. The summed E-state index contributed by atoms with van der Waals surface area (Å²) in [5.41, 5.74) is 3.49. The van der Waals surface area contributed by atoms with Gasteiger partial charge in [-0.2, -0.15) is 4.98 Å². The van der Waals surface area contributed by atoms with Crippen molar-refractivity contribution in [3.05, 3.63) is 75.0 Å². The van der Waals surface area contributed by atoms with E-state index in [0.717, 1.165) is 37.0 Å². The van der Waals surface area contributed by atoms with E-state index in [4.69, 9.17) is 21.1 Å². The minimum atomic E-state index is -0.227. The van der Waals surface area contributed by atoms with Crippen molar-refractivity contribution in [3.63, 3.8) is 0 Å². The van der Waals surface area contributed by atoms with E-state index in [-0.39, 0.29) is 17.3 Å². The van der Waals surface area contributed by atoms with Crippen LogP contribution < -0.4 is 16.2 Å². The number of nitrogens with zero attached hydrogens (tertiary/aromatic N) is 4. The Morgan fingerprint density at radius 2 is 1.97 bits per heavy atom. The van der Waals surface area contributed by atoms with Gasteiger partial charge in [0, 0.05) is 29.7 Å². The molecule has 0 radical (unpaired) electrons. The molecule has 0 spiro atoms. The van der Waals surface area contributed by atoms with Gasteiger partial charge in [0.05, 0.1) is 23.9 Å². The number of pyridine rings is 1. The van der Waals surface area contributed by atoms with E-state index in [0.29, 0.717) is 34.6 Å². The van der Waals surface area contributed by atoms with Gasteiger partial charge in [0.1, 0.15) is 5.65 Å². The van der Waals surface area contributed by atoms with E-state index in [2.05, 4.69) is 44.7 Å². The normalized spacial score (nSPS) is 17.9. The van der Waals surface area contributed by atoms with Crippen molar-refractivity contribution in [2.45, 2.75) is 51.0 Å². The molecule has 1 aliphatic carbocycles. The smallest absolute Gasteiger partial charge is 0.268 e. The van der Waals surface area contributed by atoms with Crippen LogP contribution in [0.1, 0.15) is 61.1 Å². The van der Waals surface area contributed by atoms with Crippen molar-refractivity contribution < 1.29 is 4.52 Å². The Bertz CT molecular complexity index is 1550. The molecule has 1 aromatic carbocycles. The summed E-state index contributed by atoms with van der Waals surface area (Å²) >= 11 is 6.17. The molecule has 8 nitrogen and oxygen atoms in total. The fraction of sp³-hybridized carbons (Fsp3) is 0.379. The number of halogens is 1. The number of rotatable bonds is 5. The van der Waals surface area contributed by atoms with Crippen molar-refractivity contribution in [2.75, 3.05) is 18.4 Å². The highest BCUT2D eigenvalue weighted by Crippen LogP contribution is 2.26. The predicted octanol–water partition coefficient (Wildman–Crippen LogP) is 5.23. The Labute approximate surface area is 225 Å². The molecular weight excluding hydrogens is 500 g/mol. The first-order valence-corrected chi connectivity index (χ1v) is 13.6. The molecule has 0 bridgehead atoms. The van der Waals surface area contributed by atoms with Crippen LogP contribution in [0.25, 0.3) is 11.0 Å². The van der Waals surface area contributed by atoms with Gasteiger partial charge in [-0.15, -0.1) is 0 Å². The molecule has 2 fully saturated rings. The quantitative estimate of drug-likeness (QED) is 0.342. The molecule has 3 aromatic heterocycles. The molecule has 9 heteroatoms. The number of benzene rings is 1. The molecule has 1 atom stereocenters. The van der Waals surface area contributed by atoms with E-state index < -0.39 is 0 Å². The molecule has 6 rings (SSSR count). The molecule has 1 saturated heterocycles. The molecule has 1 aliphatic heterocycles. The maximum atomic E-state index is 13.6. The number of hydrogen-bond acceptors (Lipinski definition) is 7. The predicted molar refractivity (Wildman–Crippen MR) is 148 cm³/mol. The fourth-order valence-electron chi connectivity index (χ4n) is 5.33. The zero-order chi connectivity index (χ0) is 25.9. The Balaban J connectivity index is 1.33. The van der Waals surface area contributed by atoms with Crippen molar-refractivity contribution in [1.29, 1.82) is 0 Å². The lowest BCUT2D eigenvalue weighted by atomic mass is 9.92. The summed E-state index contributed by atoms with van der Waals surface area (Å²) in [6, 6.07) is 10.2. The zero-order valence-electron chi connectivity index (χ0n) is 21.0. The fourth-order valence-corrected chi connectivity index (χ4v) is 5.48. The lowest BCUT2D eigenvalue weighted by molar-refractivity contribution is 0.420. The Hall–Kier alpha value is -3.67. The highest BCUT2D eigenvalue weighted by molar-refractivity contribution is 6.29. The van der Waals surface area contributed by atoms with E-state index in [1.54, 1.807) is 16.8 Å². The van der Waals surface area contributed by atoms with E-state index >= 15 is 0 Å². The third kappa shape index (κ3) is 5.31. The van der Waals surface area contributed by atoms with Crippen LogP contribution in [0, 0.1) is 17.8 Å². The summed E-state index contributed by atoms with van der Waals surface area (Å²) in [5.74, 6) is 7.72. The molecular formula is C29H29ClN6O2. The molecule has 38 heavy (non-hydrogen) atoms. The van der Waals surface area contributed by atoms with Gasteiger partial charge in [0.2, 0.25) is 11.2 Å². The molecule has 4 aromatic rings. The lowest BCUT2D eigenvalue weighted by Gasteiger charge is -2.23. The van der Waals surface area contributed by atoms with Crippen molar-refractivity contribution in [1.82, 2.24) is 25.0 Å². The van der Waals surface area contributed by atoms with Gasteiger partial charge in [0.25, 0.3) is 5.56 Å². The average Bonchev–Trinajstić information content (AvgIpc) is 3.62. The maximum Gasteiger partial charge on any atom is 0.268 e. The first-order valence-electron chi connectivity index (χ1n) is 13.2. The Morgan fingerprint density at radius 1 is 1.13 bits per heavy atom. The van der Waals surface area contributed by atoms with Crippen LogP contribution in [0.2, 0.25) is 5.22 Å². The highest BCUT2D eigenvalue weighted by Gasteiger charge is 2.17. The third-order valence-corrected chi connectivity index (χ3v) is 7.76. The van der Waals surface area contributed by atoms with Gasteiger partial charge in [0.15, 0.2) is 0 Å². The second-order valence-corrected chi connectivity index (χ2v) is 10.4. The molecule has 4 heterocycles. The van der Waals surface area contributed by atoms with E-state index in [1.807, 2.05) is 12.1 Å². The molecule has 0 amide bonds. The van der Waals surface area contributed by atoms with Gasteiger partial charge in [-0.05, 0) is 73.5 Å². The third-order valence-electron chi connectivity index (χ3n) is 7.45. The summed E-state index contributed by atoms with van der Waals surface area (Å²) in [7, 11) is 0. The maximum absolute atomic E-state index is 13.6. The van der Waals surface area contributed by atoms with Gasteiger partial charge in [-0.3, -0.25) is 9.36 Å². The van der Waals surface area contributed by atoms with Crippen LogP contribution >= 0.6 is 11.6 Å². The molecule has 194 valence electrons. The number of fused-ring (bicyclic) bond motifs is 1. The molecule has 1 saturated carbocycles. The SMILES string of the molecule is O=c1c(C#CC2CCCC2)cc2cnc(Nc3ccc(C4CCCNC4)cc3)nc2n1Cc1cnoc1Cl. The second kappa shape index (κ2) is 11.0. The number of hydrogen-bond donors (Lipinski definition) is 2. The van der Waals surface area contributed by atoms with Crippen LogP contribution in [0.3, 0.4) is 0 Å². The summed E-state index contributed by atoms with van der Waals surface area (Å²) in [6.07, 6.45) is 10.2. The van der Waals surface area contributed by atoms with Gasteiger partial charge in [-0.25, -0.2) is 4.98 Å². The minimum Gasteiger partial charge on any atom is -0.344 e. The van der Waals surface area contributed by atoms with Crippen molar-refractivity contribution in [2.24, 2.45) is 5.92 Å². The van der Waals surface area contributed by atoms with Crippen LogP contribution in [0.5, 0.6) is 0 Å². The van der Waals surface area contributed by atoms with Crippen LogP contribution in [0.15, 0.2) is 52.0 Å². The van der Waals surface area contributed by atoms with Gasteiger partial charge >= 0.3 is 0 Å². The number of nitrogens with one attached hydrogen (secondary N) is 2.